The predicted octanol–water partition coefficient (Wildman–Crippen LogP) is 4.98. The molecule has 1 fully saturated rings. The van der Waals surface area contributed by atoms with Crippen LogP contribution in [0.1, 0.15) is 106 Å². The van der Waals surface area contributed by atoms with Crippen molar-refractivity contribution >= 4 is 23.6 Å². The lowest BCUT2D eigenvalue weighted by atomic mass is 9.79. The van der Waals surface area contributed by atoms with Crippen molar-refractivity contribution in [1.82, 2.24) is 15.8 Å². The summed E-state index contributed by atoms with van der Waals surface area (Å²) in [5.41, 5.74) is 2.21. The van der Waals surface area contributed by atoms with E-state index in [9.17, 15) is 24.6 Å². The second-order valence-electron chi connectivity index (χ2n) is 13.8. The van der Waals surface area contributed by atoms with Gasteiger partial charge in [0, 0.05) is 41.1 Å². The van der Waals surface area contributed by atoms with Crippen LogP contribution in [-0.4, -0.2) is 57.4 Å². The summed E-state index contributed by atoms with van der Waals surface area (Å²) < 4.78 is 0. The van der Waals surface area contributed by atoms with Crippen molar-refractivity contribution in [1.29, 1.82) is 0 Å². The number of anilines is 1. The average molecular weight is 549 g/mol. The van der Waals surface area contributed by atoms with Crippen LogP contribution in [0.15, 0.2) is 12.1 Å². The second-order valence-corrected chi connectivity index (χ2v) is 13.8. The van der Waals surface area contributed by atoms with Crippen molar-refractivity contribution in [3.63, 3.8) is 0 Å². The van der Waals surface area contributed by atoms with Crippen LogP contribution < -0.4 is 15.8 Å². The van der Waals surface area contributed by atoms with Gasteiger partial charge in [0.25, 0.3) is 0 Å². The quantitative estimate of drug-likeness (QED) is 0.369. The molecule has 220 valence electrons. The molecule has 1 aromatic rings. The normalized spacial score (nSPS) is 17.9. The van der Waals surface area contributed by atoms with E-state index in [0.29, 0.717) is 24.0 Å². The molecule has 10 heteroatoms. The molecule has 0 saturated carbocycles. The third-order valence-corrected chi connectivity index (χ3v) is 7.11. The molecule has 3 amide bonds. The van der Waals surface area contributed by atoms with E-state index in [2.05, 4.69) is 38.4 Å². The van der Waals surface area contributed by atoms with Crippen molar-refractivity contribution in [2.45, 2.75) is 123 Å². The molecular weight excluding hydrogens is 500 g/mol. The van der Waals surface area contributed by atoms with Gasteiger partial charge in [0.1, 0.15) is 5.75 Å². The first-order valence-electron chi connectivity index (χ1n) is 13.4. The lowest BCUT2D eigenvalue weighted by Crippen LogP contribution is -2.63. The van der Waals surface area contributed by atoms with E-state index in [1.165, 1.54) is 0 Å². The summed E-state index contributed by atoms with van der Waals surface area (Å²) >= 11 is 0. The van der Waals surface area contributed by atoms with Gasteiger partial charge < -0.3 is 20.4 Å². The molecule has 10 nitrogen and oxygen atoms in total. The molecule has 0 bridgehead atoms. The minimum Gasteiger partial charge on any atom is -0.507 e. The van der Waals surface area contributed by atoms with Crippen molar-refractivity contribution in [3.05, 3.63) is 23.3 Å². The van der Waals surface area contributed by atoms with E-state index in [4.69, 9.17) is 4.84 Å². The topological polar surface area (TPSA) is 131 Å². The smallest absolute Gasteiger partial charge is 0.431 e. The fourth-order valence-corrected chi connectivity index (χ4v) is 5.68. The second kappa shape index (κ2) is 11.3. The van der Waals surface area contributed by atoms with E-state index in [0.717, 1.165) is 5.01 Å². The van der Waals surface area contributed by atoms with Crippen LogP contribution in [0.3, 0.4) is 0 Å². The number of piperidine rings is 1. The molecule has 0 unspecified atom stereocenters. The predicted molar refractivity (Wildman–Crippen MR) is 152 cm³/mol. The number of benzene rings is 1. The number of nitrogens with zero attached hydrogens (tertiary/aromatic N) is 2. The molecular formula is C29H48N4O6. The number of hydrogen-bond donors (Lipinski definition) is 4. The Hall–Kier alpha value is -2.85. The molecule has 1 aliphatic heterocycles. The molecule has 0 aromatic heterocycles. The number of aromatic hydroxyl groups is 1. The first-order chi connectivity index (χ1) is 17.6. The fraction of sp³-hybridized carbons (Fsp3) is 0.690. The monoisotopic (exact) mass is 548 g/mol. The molecule has 4 N–H and O–H groups in total. The highest BCUT2D eigenvalue weighted by molar-refractivity contribution is 5.92. The number of hydroxylamine groups is 2. The van der Waals surface area contributed by atoms with Crippen LogP contribution in [0.2, 0.25) is 0 Å². The summed E-state index contributed by atoms with van der Waals surface area (Å²) in [5.74, 6) is -0.774. The highest BCUT2D eigenvalue weighted by Crippen LogP contribution is 2.42. The van der Waals surface area contributed by atoms with Crippen LogP contribution in [0.25, 0.3) is 0 Å². The molecule has 2 rings (SSSR count). The van der Waals surface area contributed by atoms with E-state index in [-0.39, 0.29) is 47.3 Å². The lowest BCUT2D eigenvalue weighted by Gasteiger charge is -2.53. The number of hydrogen-bond acceptors (Lipinski definition) is 6. The maximum absolute atomic E-state index is 12.8. The van der Waals surface area contributed by atoms with Crippen LogP contribution >= 0.6 is 0 Å². The zero-order chi connectivity index (χ0) is 30.1. The SMILES string of the molecule is CON1C(C)(C)CC(NC(=O)CCC(=O)NN(C(=O)O)c2cc(C(C)(C)C)c(O)c(C(C)(C)C)c2)CC1(C)C. The lowest BCUT2D eigenvalue weighted by molar-refractivity contribution is -0.267. The molecule has 39 heavy (non-hydrogen) atoms. The summed E-state index contributed by atoms with van der Waals surface area (Å²) in [5, 5.41) is 26.6. The molecule has 0 radical (unpaired) electrons. The van der Waals surface area contributed by atoms with Crippen LogP contribution in [0.4, 0.5) is 10.5 Å². The van der Waals surface area contributed by atoms with Crippen molar-refractivity contribution < 1.29 is 29.4 Å². The molecule has 1 aromatic carbocycles. The summed E-state index contributed by atoms with van der Waals surface area (Å²) in [6.45, 7) is 19.7. The molecule has 0 aliphatic carbocycles. The average Bonchev–Trinajstić information content (AvgIpc) is 2.73. The van der Waals surface area contributed by atoms with Gasteiger partial charge in [-0.15, -0.1) is 0 Å². The number of carboxylic acid groups (broad SMARTS) is 1. The summed E-state index contributed by atoms with van der Waals surface area (Å²) in [7, 11) is 1.65. The van der Waals surface area contributed by atoms with Gasteiger partial charge in [-0.1, -0.05) is 41.5 Å². The number of amides is 3. The van der Waals surface area contributed by atoms with Gasteiger partial charge in [0.05, 0.1) is 12.8 Å². The number of rotatable bonds is 6. The van der Waals surface area contributed by atoms with Gasteiger partial charge in [-0.3, -0.25) is 15.0 Å². The molecule has 0 spiro atoms. The van der Waals surface area contributed by atoms with Gasteiger partial charge in [0.2, 0.25) is 11.8 Å². The van der Waals surface area contributed by atoms with Gasteiger partial charge in [-0.2, -0.15) is 10.1 Å². The Morgan fingerprint density at radius 3 is 1.77 bits per heavy atom. The fourth-order valence-electron chi connectivity index (χ4n) is 5.68. The highest BCUT2D eigenvalue weighted by atomic mass is 16.7. The Morgan fingerprint density at radius 2 is 1.38 bits per heavy atom. The first kappa shape index (κ1) is 32.4. The Balaban J connectivity index is 2.15. The zero-order valence-electron chi connectivity index (χ0n) is 25.5. The Kier molecular flexibility index (Phi) is 9.40. The minimum absolute atomic E-state index is 0.0826. The number of phenolic OH excluding ortho intramolecular Hbond substituents is 1. The van der Waals surface area contributed by atoms with Crippen molar-refractivity contribution in [3.8, 4) is 5.75 Å². The zero-order valence-corrected chi connectivity index (χ0v) is 25.5. The maximum Gasteiger partial charge on any atom is 0.431 e. The van der Waals surface area contributed by atoms with Gasteiger partial charge in [0.15, 0.2) is 0 Å². The van der Waals surface area contributed by atoms with Crippen LogP contribution in [-0.2, 0) is 25.3 Å². The highest BCUT2D eigenvalue weighted by Gasteiger charge is 2.46. The first-order valence-corrected chi connectivity index (χ1v) is 13.4. The molecule has 1 heterocycles. The van der Waals surface area contributed by atoms with E-state index >= 15 is 0 Å². The largest absolute Gasteiger partial charge is 0.507 e. The number of carbonyl (C=O) groups is 3. The maximum atomic E-state index is 12.8. The Bertz CT molecular complexity index is 1030. The molecule has 1 saturated heterocycles. The number of nitrogens with one attached hydrogen (secondary N) is 2. The van der Waals surface area contributed by atoms with Gasteiger partial charge in [-0.25, -0.2) is 4.79 Å². The minimum atomic E-state index is -1.38. The third-order valence-electron chi connectivity index (χ3n) is 7.11. The number of hydrazine groups is 1. The number of carbonyl (C=O) groups excluding carboxylic acids is 2. The van der Waals surface area contributed by atoms with E-state index in [1.54, 1.807) is 19.2 Å². The van der Waals surface area contributed by atoms with Crippen molar-refractivity contribution in [2.75, 3.05) is 12.1 Å². The van der Waals surface area contributed by atoms with Crippen molar-refractivity contribution in [2.24, 2.45) is 0 Å². The van der Waals surface area contributed by atoms with Gasteiger partial charge in [-0.05, 0) is 63.5 Å². The van der Waals surface area contributed by atoms with E-state index in [1.807, 2.05) is 46.6 Å². The van der Waals surface area contributed by atoms with Crippen LogP contribution in [0.5, 0.6) is 5.75 Å². The Morgan fingerprint density at radius 1 is 0.949 bits per heavy atom. The Labute approximate surface area is 233 Å². The summed E-state index contributed by atoms with van der Waals surface area (Å²) in [6, 6.07) is 3.06. The standard InChI is InChI=1S/C29H48N4O6/c1-26(2,3)20-14-19(15-21(24(20)36)27(4,5)6)32(25(37)38)31-23(35)13-12-22(34)30-18-16-28(7,8)33(39-11)29(9,10)17-18/h14-15,18,36H,12-13,16-17H2,1-11H3,(H,30,34)(H,31,35)(H,37,38). The molecule has 1 aliphatic rings. The molecule has 0 atom stereocenters. The van der Waals surface area contributed by atoms with Gasteiger partial charge >= 0.3 is 6.09 Å². The number of phenols is 1. The van der Waals surface area contributed by atoms with Crippen LogP contribution in [0, 0.1) is 0 Å². The third kappa shape index (κ3) is 7.85. The van der Waals surface area contributed by atoms with E-state index < -0.39 is 22.8 Å². The summed E-state index contributed by atoms with van der Waals surface area (Å²) in [4.78, 5) is 43.3. The summed E-state index contributed by atoms with van der Waals surface area (Å²) in [6.07, 6.45) is -0.284.